The summed E-state index contributed by atoms with van der Waals surface area (Å²) in [7, 11) is -3.90. The molecule has 3 atom stereocenters. The van der Waals surface area contributed by atoms with Crippen molar-refractivity contribution in [3.05, 3.63) is 58.9 Å². The van der Waals surface area contributed by atoms with Crippen LogP contribution in [0, 0.1) is 17.7 Å². The van der Waals surface area contributed by atoms with Crippen LogP contribution in [0.15, 0.2) is 41.3 Å². The molecule has 190 valence electrons. The van der Waals surface area contributed by atoms with Crippen LogP contribution in [0.5, 0.6) is 5.75 Å². The Bertz CT molecular complexity index is 1180. The molecule has 0 radical (unpaired) electrons. The topological polar surface area (TPSA) is 76.1 Å². The van der Waals surface area contributed by atoms with Crippen molar-refractivity contribution in [1.82, 2.24) is 4.31 Å². The molecule has 6 nitrogen and oxygen atoms in total. The maximum absolute atomic E-state index is 14.1. The highest BCUT2D eigenvalue weighted by molar-refractivity contribution is 7.89. The van der Waals surface area contributed by atoms with Crippen LogP contribution in [-0.4, -0.2) is 43.7 Å². The molecule has 2 aromatic rings. The van der Waals surface area contributed by atoms with Gasteiger partial charge < -0.3 is 14.6 Å². The van der Waals surface area contributed by atoms with Gasteiger partial charge in [-0.15, -0.1) is 0 Å². The molecule has 35 heavy (non-hydrogen) atoms. The van der Waals surface area contributed by atoms with Crippen molar-refractivity contribution in [3.8, 4) is 5.75 Å². The maximum Gasteiger partial charge on any atom is 0.243 e. The summed E-state index contributed by atoms with van der Waals surface area (Å²) in [4.78, 5) is 0.133. The Morgan fingerprint density at radius 2 is 1.86 bits per heavy atom. The number of hydrogen-bond acceptors (Lipinski definition) is 5. The van der Waals surface area contributed by atoms with Gasteiger partial charge in [0.15, 0.2) is 0 Å². The van der Waals surface area contributed by atoms with Crippen LogP contribution >= 0.6 is 0 Å². The van der Waals surface area contributed by atoms with E-state index in [1.54, 1.807) is 24.3 Å². The van der Waals surface area contributed by atoms with Crippen molar-refractivity contribution < 1.29 is 27.4 Å². The molecule has 1 saturated heterocycles. The van der Waals surface area contributed by atoms with Crippen molar-refractivity contribution in [2.45, 2.75) is 69.1 Å². The zero-order valence-electron chi connectivity index (χ0n) is 20.3. The highest BCUT2D eigenvalue weighted by atomic mass is 32.2. The Balaban J connectivity index is 1.46. The normalized spacial score (nSPS) is 24.9. The molecule has 2 heterocycles. The van der Waals surface area contributed by atoms with Gasteiger partial charge in [0, 0.05) is 37.7 Å². The molecular formula is C27H34FNO5S. The summed E-state index contributed by atoms with van der Waals surface area (Å²) in [6.07, 6.45) is 2.67. The summed E-state index contributed by atoms with van der Waals surface area (Å²) in [5.41, 5.74) is 2.25. The lowest BCUT2D eigenvalue weighted by Crippen LogP contribution is -2.37. The molecule has 8 heteroatoms. The molecule has 0 amide bonds. The van der Waals surface area contributed by atoms with E-state index in [1.807, 2.05) is 13.8 Å². The first kappa shape index (κ1) is 24.7. The summed E-state index contributed by atoms with van der Waals surface area (Å²) in [6, 6.07) is 9.05. The number of hydrogen-bond donors (Lipinski definition) is 1. The molecule has 5 rings (SSSR count). The van der Waals surface area contributed by atoms with E-state index in [1.165, 1.54) is 16.4 Å². The summed E-state index contributed by atoms with van der Waals surface area (Å²) in [5.74, 6) is 0.599. The first-order valence-corrected chi connectivity index (χ1v) is 14.0. The minimum atomic E-state index is -3.90. The van der Waals surface area contributed by atoms with Crippen molar-refractivity contribution in [2.75, 3.05) is 19.8 Å². The standard InChI is InChI=1S/C27H34FNO5S/c1-17(2)16-29(24-7-4-18-3-5-20(28)13-22(18)24)35(31,32)21-6-8-26-23(14-21)25(30)15-27(34-26)19-9-11-33-12-10-19/h3,5-6,8,13-14,17,19,24-25,27,30H,4,7,9-12,15-16H2,1-2H3. The molecule has 0 aromatic heterocycles. The fourth-order valence-electron chi connectivity index (χ4n) is 5.73. The average Bonchev–Trinajstić information content (AvgIpc) is 3.25. The molecule has 1 N–H and O–H groups in total. The molecule has 2 aromatic carbocycles. The van der Waals surface area contributed by atoms with Gasteiger partial charge in [-0.3, -0.25) is 0 Å². The molecule has 3 unspecified atom stereocenters. The van der Waals surface area contributed by atoms with E-state index in [0.717, 1.165) is 24.0 Å². The molecule has 0 bridgehead atoms. The molecule has 1 aliphatic carbocycles. The van der Waals surface area contributed by atoms with Crippen LogP contribution in [0.4, 0.5) is 4.39 Å². The number of sulfonamides is 1. The first-order chi connectivity index (χ1) is 16.7. The second-order valence-electron chi connectivity index (χ2n) is 10.4. The van der Waals surface area contributed by atoms with Gasteiger partial charge in [0.05, 0.1) is 17.0 Å². The number of ether oxygens (including phenoxy) is 2. The summed E-state index contributed by atoms with van der Waals surface area (Å²) >= 11 is 0. The summed E-state index contributed by atoms with van der Waals surface area (Å²) < 4.78 is 55.2. The first-order valence-electron chi connectivity index (χ1n) is 12.6. The number of nitrogens with zero attached hydrogens (tertiary/aromatic N) is 1. The van der Waals surface area contributed by atoms with Crippen molar-refractivity contribution in [1.29, 1.82) is 0 Å². The number of rotatable bonds is 6. The zero-order chi connectivity index (χ0) is 24.7. The number of aliphatic hydroxyl groups is 1. The SMILES string of the molecule is CC(C)CN(C1CCc2ccc(F)cc21)S(=O)(=O)c1ccc2c(c1)C(O)CC(C1CCOCC1)O2. The van der Waals surface area contributed by atoms with Gasteiger partial charge in [0.1, 0.15) is 17.7 Å². The second-order valence-corrected chi connectivity index (χ2v) is 12.3. The van der Waals surface area contributed by atoms with Gasteiger partial charge in [-0.25, -0.2) is 12.8 Å². The fourth-order valence-corrected chi connectivity index (χ4v) is 7.56. The van der Waals surface area contributed by atoms with Crippen LogP contribution < -0.4 is 4.74 Å². The van der Waals surface area contributed by atoms with E-state index >= 15 is 0 Å². The van der Waals surface area contributed by atoms with Gasteiger partial charge in [0.2, 0.25) is 10.0 Å². The average molecular weight is 504 g/mol. The van der Waals surface area contributed by atoms with E-state index in [2.05, 4.69) is 0 Å². The third kappa shape index (κ3) is 4.86. The number of aryl methyl sites for hydroxylation is 1. The van der Waals surface area contributed by atoms with Crippen molar-refractivity contribution >= 4 is 10.0 Å². The van der Waals surface area contributed by atoms with Crippen LogP contribution in [0.2, 0.25) is 0 Å². The number of halogens is 1. The zero-order valence-corrected chi connectivity index (χ0v) is 21.1. The van der Waals surface area contributed by atoms with Crippen LogP contribution in [0.25, 0.3) is 0 Å². The molecule has 1 fully saturated rings. The molecular weight excluding hydrogens is 469 g/mol. The number of benzene rings is 2. The quantitative estimate of drug-likeness (QED) is 0.615. The van der Waals surface area contributed by atoms with E-state index in [4.69, 9.17) is 9.47 Å². The Morgan fingerprint density at radius 1 is 1.09 bits per heavy atom. The molecule has 0 saturated carbocycles. The van der Waals surface area contributed by atoms with Crippen LogP contribution in [0.3, 0.4) is 0 Å². The van der Waals surface area contributed by atoms with Crippen LogP contribution in [-0.2, 0) is 21.2 Å². The summed E-state index contributed by atoms with van der Waals surface area (Å²) in [5, 5.41) is 10.9. The third-order valence-electron chi connectivity index (χ3n) is 7.52. The third-order valence-corrected chi connectivity index (χ3v) is 9.39. The van der Waals surface area contributed by atoms with E-state index in [-0.39, 0.29) is 22.7 Å². The van der Waals surface area contributed by atoms with Crippen LogP contribution in [0.1, 0.15) is 68.4 Å². The Labute approximate surface area is 207 Å². The lowest BCUT2D eigenvalue weighted by Gasteiger charge is -2.36. The van der Waals surface area contributed by atoms with Crippen molar-refractivity contribution in [3.63, 3.8) is 0 Å². The predicted molar refractivity (Wildman–Crippen MR) is 130 cm³/mol. The lowest BCUT2D eigenvalue weighted by molar-refractivity contribution is -0.0151. The highest BCUT2D eigenvalue weighted by Gasteiger charge is 2.39. The van der Waals surface area contributed by atoms with Gasteiger partial charge in [-0.05, 0) is 73.1 Å². The van der Waals surface area contributed by atoms with Gasteiger partial charge in [0.25, 0.3) is 0 Å². The Morgan fingerprint density at radius 3 is 2.60 bits per heavy atom. The second kappa shape index (κ2) is 9.81. The van der Waals surface area contributed by atoms with E-state index < -0.39 is 22.2 Å². The largest absolute Gasteiger partial charge is 0.490 e. The molecule has 0 spiro atoms. The van der Waals surface area contributed by atoms with Crippen molar-refractivity contribution in [2.24, 2.45) is 11.8 Å². The molecule has 2 aliphatic heterocycles. The lowest BCUT2D eigenvalue weighted by atomic mass is 9.87. The summed E-state index contributed by atoms with van der Waals surface area (Å²) in [6.45, 7) is 5.68. The Kier molecular flexibility index (Phi) is 6.92. The number of fused-ring (bicyclic) bond motifs is 2. The predicted octanol–water partition coefficient (Wildman–Crippen LogP) is 4.77. The van der Waals surface area contributed by atoms with Gasteiger partial charge >= 0.3 is 0 Å². The van der Waals surface area contributed by atoms with E-state index in [0.29, 0.717) is 56.3 Å². The van der Waals surface area contributed by atoms with E-state index in [9.17, 15) is 17.9 Å². The Hall–Kier alpha value is -2.00. The monoisotopic (exact) mass is 503 g/mol. The fraction of sp³-hybridized carbons (Fsp3) is 0.556. The minimum Gasteiger partial charge on any atom is -0.490 e. The number of aliphatic hydroxyl groups excluding tert-OH is 1. The molecule has 3 aliphatic rings. The highest BCUT2D eigenvalue weighted by Crippen LogP contribution is 2.43. The smallest absolute Gasteiger partial charge is 0.243 e. The van der Waals surface area contributed by atoms with Gasteiger partial charge in [-0.1, -0.05) is 19.9 Å². The maximum atomic E-state index is 14.1. The minimum absolute atomic E-state index is 0.0918. The van der Waals surface area contributed by atoms with Gasteiger partial charge in [-0.2, -0.15) is 4.31 Å².